The average molecular weight is 470 g/mol. The van der Waals surface area contributed by atoms with Crippen LogP contribution in [0.5, 0.6) is 5.75 Å². The molecule has 1 aliphatic rings. The summed E-state index contributed by atoms with van der Waals surface area (Å²) in [5.41, 5.74) is 3.71. The zero-order valence-electron chi connectivity index (χ0n) is 19.6. The van der Waals surface area contributed by atoms with Crippen molar-refractivity contribution >= 4 is 11.7 Å². The number of carbonyl (C=O) groups excluding carboxylic acids is 1. The largest absolute Gasteiger partial charge is 0.497 e. The van der Waals surface area contributed by atoms with E-state index >= 15 is 0 Å². The number of hydrogen-bond donors (Lipinski definition) is 1. The van der Waals surface area contributed by atoms with E-state index in [4.69, 9.17) is 14.6 Å². The number of nitrogens with zero attached hydrogens (tertiary/aromatic N) is 4. The van der Waals surface area contributed by atoms with Gasteiger partial charge in [0.2, 0.25) is 0 Å². The zero-order chi connectivity index (χ0) is 24.0. The lowest BCUT2D eigenvalue weighted by Crippen LogP contribution is -2.37. The molecular formula is C27H27N5O3. The van der Waals surface area contributed by atoms with Crippen molar-refractivity contribution in [2.45, 2.75) is 6.54 Å². The van der Waals surface area contributed by atoms with Crippen molar-refractivity contribution in [1.29, 1.82) is 0 Å². The molecule has 0 radical (unpaired) electrons. The first kappa shape index (κ1) is 22.6. The number of rotatable bonds is 7. The van der Waals surface area contributed by atoms with Crippen LogP contribution in [0.2, 0.25) is 0 Å². The molecule has 0 aliphatic carbocycles. The molecule has 4 aromatic rings. The highest BCUT2D eigenvalue weighted by molar-refractivity contribution is 6.00. The molecular weight excluding hydrogens is 442 g/mol. The maximum absolute atomic E-state index is 13.4. The first-order valence-corrected chi connectivity index (χ1v) is 11.6. The monoisotopic (exact) mass is 469 g/mol. The summed E-state index contributed by atoms with van der Waals surface area (Å²) in [4.78, 5) is 20.2. The third kappa shape index (κ3) is 5.02. The van der Waals surface area contributed by atoms with Crippen LogP contribution in [0.25, 0.3) is 16.9 Å². The Morgan fingerprint density at radius 3 is 2.69 bits per heavy atom. The van der Waals surface area contributed by atoms with Crippen LogP contribution in [-0.2, 0) is 11.3 Å². The third-order valence-corrected chi connectivity index (χ3v) is 5.94. The molecule has 2 aromatic carbocycles. The minimum Gasteiger partial charge on any atom is -0.497 e. The van der Waals surface area contributed by atoms with Crippen LogP contribution >= 0.6 is 0 Å². The topological polar surface area (TPSA) is 81.5 Å². The number of carbonyl (C=O) groups is 1. The number of anilines is 1. The molecule has 5 rings (SSSR count). The van der Waals surface area contributed by atoms with E-state index < -0.39 is 0 Å². The molecule has 0 atom stereocenters. The molecule has 0 unspecified atom stereocenters. The maximum Gasteiger partial charge on any atom is 0.255 e. The number of aromatic nitrogens is 3. The van der Waals surface area contributed by atoms with Crippen molar-refractivity contribution in [3.63, 3.8) is 0 Å². The normalized spacial score (nSPS) is 13.5. The number of morpholine rings is 1. The van der Waals surface area contributed by atoms with Crippen LogP contribution in [0.1, 0.15) is 15.9 Å². The average Bonchev–Trinajstić information content (AvgIpc) is 3.39. The highest BCUT2D eigenvalue weighted by Crippen LogP contribution is 2.27. The van der Waals surface area contributed by atoms with Gasteiger partial charge >= 0.3 is 0 Å². The summed E-state index contributed by atoms with van der Waals surface area (Å²) in [6.07, 6.45) is 3.55. The predicted molar refractivity (Wildman–Crippen MR) is 134 cm³/mol. The Balaban J connectivity index is 1.44. The van der Waals surface area contributed by atoms with E-state index in [-0.39, 0.29) is 5.91 Å². The van der Waals surface area contributed by atoms with E-state index in [9.17, 15) is 4.79 Å². The van der Waals surface area contributed by atoms with Gasteiger partial charge in [0.15, 0.2) is 0 Å². The fraction of sp³-hybridized carbons (Fsp3) is 0.222. The molecule has 0 bridgehead atoms. The van der Waals surface area contributed by atoms with E-state index in [1.807, 2.05) is 66.7 Å². The zero-order valence-corrected chi connectivity index (χ0v) is 19.6. The number of methoxy groups -OCH3 is 1. The minimum absolute atomic E-state index is 0.207. The van der Waals surface area contributed by atoms with Crippen molar-refractivity contribution in [2.75, 3.05) is 38.3 Å². The van der Waals surface area contributed by atoms with Gasteiger partial charge in [-0.05, 0) is 30.3 Å². The molecule has 1 amide bonds. The fourth-order valence-electron chi connectivity index (χ4n) is 4.14. The summed E-state index contributed by atoms with van der Waals surface area (Å²) in [7, 11) is 1.62. The molecule has 1 fully saturated rings. The van der Waals surface area contributed by atoms with Crippen molar-refractivity contribution in [1.82, 2.24) is 20.1 Å². The lowest BCUT2D eigenvalue weighted by molar-refractivity contribution is 0.0951. The van der Waals surface area contributed by atoms with Crippen molar-refractivity contribution < 1.29 is 14.3 Å². The van der Waals surface area contributed by atoms with Crippen molar-refractivity contribution in [3.8, 4) is 22.7 Å². The number of nitrogens with one attached hydrogen (secondary N) is 1. The molecule has 1 N–H and O–H groups in total. The van der Waals surface area contributed by atoms with E-state index in [0.717, 1.165) is 35.7 Å². The van der Waals surface area contributed by atoms with Crippen LogP contribution in [0.4, 0.5) is 5.82 Å². The molecule has 3 heterocycles. The van der Waals surface area contributed by atoms with Gasteiger partial charge in [0.25, 0.3) is 5.91 Å². The van der Waals surface area contributed by atoms with Gasteiger partial charge in [-0.15, -0.1) is 0 Å². The molecule has 0 saturated carbocycles. The first-order valence-electron chi connectivity index (χ1n) is 11.6. The SMILES string of the molecule is COc1cccc(-c2nn(-c3ccccc3)cc2C(=O)NCc2cccnc2N2CCOCC2)c1. The minimum atomic E-state index is -0.207. The van der Waals surface area contributed by atoms with Gasteiger partial charge in [0.1, 0.15) is 17.3 Å². The van der Waals surface area contributed by atoms with Crippen LogP contribution in [0, 0.1) is 0 Å². The Labute approximate surface area is 204 Å². The third-order valence-electron chi connectivity index (χ3n) is 5.94. The molecule has 8 nitrogen and oxygen atoms in total. The molecule has 0 spiro atoms. The molecule has 8 heteroatoms. The quantitative estimate of drug-likeness (QED) is 0.444. The van der Waals surface area contributed by atoms with Gasteiger partial charge in [0, 0.05) is 43.2 Å². The van der Waals surface area contributed by atoms with Gasteiger partial charge in [0.05, 0.1) is 31.6 Å². The molecule has 1 saturated heterocycles. The van der Waals surface area contributed by atoms with Gasteiger partial charge in [-0.2, -0.15) is 5.10 Å². The van der Waals surface area contributed by atoms with E-state index in [1.54, 1.807) is 24.2 Å². The number of hydrogen-bond acceptors (Lipinski definition) is 6. The van der Waals surface area contributed by atoms with Crippen LogP contribution in [-0.4, -0.2) is 54.1 Å². The second kappa shape index (κ2) is 10.4. The molecule has 178 valence electrons. The molecule has 1 aliphatic heterocycles. The van der Waals surface area contributed by atoms with E-state index in [0.29, 0.717) is 36.8 Å². The lowest BCUT2D eigenvalue weighted by atomic mass is 10.1. The van der Waals surface area contributed by atoms with Crippen LogP contribution in [0.3, 0.4) is 0 Å². The summed E-state index contributed by atoms with van der Waals surface area (Å²) >= 11 is 0. The number of ether oxygens (including phenoxy) is 2. The van der Waals surface area contributed by atoms with Gasteiger partial charge in [-0.1, -0.05) is 36.4 Å². The van der Waals surface area contributed by atoms with Gasteiger partial charge < -0.3 is 19.7 Å². The second-order valence-corrected chi connectivity index (χ2v) is 8.17. The Bertz CT molecular complexity index is 1300. The van der Waals surface area contributed by atoms with Crippen molar-refractivity contribution in [3.05, 3.63) is 90.3 Å². The summed E-state index contributed by atoms with van der Waals surface area (Å²) < 4.78 is 12.6. The summed E-state index contributed by atoms with van der Waals surface area (Å²) in [6.45, 7) is 3.26. The van der Waals surface area contributed by atoms with Crippen molar-refractivity contribution in [2.24, 2.45) is 0 Å². The number of benzene rings is 2. The Morgan fingerprint density at radius 1 is 1.06 bits per heavy atom. The van der Waals surface area contributed by atoms with Gasteiger partial charge in [-0.25, -0.2) is 9.67 Å². The summed E-state index contributed by atoms with van der Waals surface area (Å²) in [5, 5.41) is 7.84. The number of pyridine rings is 1. The fourth-order valence-corrected chi connectivity index (χ4v) is 4.14. The Hall–Kier alpha value is -4.17. The molecule has 2 aromatic heterocycles. The van der Waals surface area contributed by atoms with Crippen LogP contribution < -0.4 is 15.0 Å². The Morgan fingerprint density at radius 2 is 1.89 bits per heavy atom. The summed E-state index contributed by atoms with van der Waals surface area (Å²) in [6, 6.07) is 21.2. The van der Waals surface area contributed by atoms with E-state index in [2.05, 4.69) is 15.2 Å². The van der Waals surface area contributed by atoms with E-state index in [1.165, 1.54) is 0 Å². The standard InChI is InChI=1S/C27H27N5O3/c1-34-23-11-5-7-20(17-23)25-24(19-32(30-25)22-9-3-2-4-10-22)27(33)29-18-21-8-6-12-28-26(21)31-13-15-35-16-14-31/h2-12,17,19H,13-16,18H2,1H3,(H,29,33). The lowest BCUT2D eigenvalue weighted by Gasteiger charge is -2.29. The highest BCUT2D eigenvalue weighted by atomic mass is 16.5. The molecule has 35 heavy (non-hydrogen) atoms. The predicted octanol–water partition coefficient (Wildman–Crippen LogP) is 3.71. The van der Waals surface area contributed by atoms with Crippen LogP contribution in [0.15, 0.2) is 79.1 Å². The Kier molecular flexibility index (Phi) is 6.72. The second-order valence-electron chi connectivity index (χ2n) is 8.17. The first-order chi connectivity index (χ1) is 17.2. The van der Waals surface area contributed by atoms with Gasteiger partial charge in [-0.3, -0.25) is 4.79 Å². The highest BCUT2D eigenvalue weighted by Gasteiger charge is 2.21. The summed E-state index contributed by atoms with van der Waals surface area (Å²) in [5.74, 6) is 1.37. The number of para-hydroxylation sites is 1. The maximum atomic E-state index is 13.4. The smallest absolute Gasteiger partial charge is 0.255 e. The number of amides is 1.